The summed E-state index contributed by atoms with van der Waals surface area (Å²) in [4.78, 5) is 7.53. The monoisotopic (exact) mass is 255 g/mol. The third kappa shape index (κ3) is 2.88. The minimum Gasteiger partial charge on any atom is -0.424 e. The number of nitrogens with two attached hydrogens (primary N) is 1. The van der Waals surface area contributed by atoms with Crippen LogP contribution in [0.4, 0.5) is 18.9 Å². The molecular weight excluding hydrogens is 247 g/mol. The Balaban J connectivity index is 2.13. The van der Waals surface area contributed by atoms with Crippen LogP contribution < -0.4 is 10.5 Å². The molecule has 0 aliphatic rings. The van der Waals surface area contributed by atoms with Gasteiger partial charge in [-0.1, -0.05) is 0 Å². The first-order valence-electron chi connectivity index (χ1n) is 4.88. The molecule has 0 radical (unpaired) electrons. The van der Waals surface area contributed by atoms with Crippen LogP contribution in [0.15, 0.2) is 36.7 Å². The Bertz CT molecular complexity index is 523. The number of aromatic nitrogens is 2. The van der Waals surface area contributed by atoms with E-state index in [9.17, 15) is 13.2 Å². The Kier molecular flexibility index (Phi) is 3.05. The highest BCUT2D eigenvalue weighted by molar-refractivity contribution is 5.33. The molecule has 4 nitrogen and oxygen atoms in total. The molecule has 18 heavy (non-hydrogen) atoms. The van der Waals surface area contributed by atoms with E-state index in [1.54, 1.807) is 0 Å². The van der Waals surface area contributed by atoms with Crippen molar-refractivity contribution < 1.29 is 17.9 Å². The smallest absolute Gasteiger partial charge is 0.416 e. The zero-order valence-corrected chi connectivity index (χ0v) is 8.98. The predicted octanol–water partition coefficient (Wildman–Crippen LogP) is 2.87. The summed E-state index contributed by atoms with van der Waals surface area (Å²) in [5.74, 6) is 0.216. The summed E-state index contributed by atoms with van der Waals surface area (Å²) in [6.07, 6.45) is -1.69. The van der Waals surface area contributed by atoms with E-state index < -0.39 is 11.7 Å². The molecule has 0 saturated heterocycles. The van der Waals surface area contributed by atoms with E-state index >= 15 is 0 Å². The second-order valence-corrected chi connectivity index (χ2v) is 3.42. The van der Waals surface area contributed by atoms with Gasteiger partial charge in [-0.2, -0.15) is 13.2 Å². The maximum Gasteiger partial charge on any atom is 0.416 e. The topological polar surface area (TPSA) is 61.0 Å². The number of anilines is 1. The van der Waals surface area contributed by atoms with Gasteiger partial charge < -0.3 is 10.5 Å². The molecule has 94 valence electrons. The van der Waals surface area contributed by atoms with Crippen molar-refractivity contribution in [2.75, 3.05) is 5.73 Å². The first kappa shape index (κ1) is 12.2. The molecule has 0 bridgehead atoms. The summed E-state index contributed by atoms with van der Waals surface area (Å²) < 4.78 is 42.1. The molecule has 0 aliphatic carbocycles. The predicted molar refractivity (Wildman–Crippen MR) is 58.0 cm³/mol. The zero-order valence-electron chi connectivity index (χ0n) is 8.98. The number of nitrogen functional groups attached to an aromatic ring is 1. The van der Waals surface area contributed by atoms with Crippen LogP contribution >= 0.6 is 0 Å². The van der Waals surface area contributed by atoms with Gasteiger partial charge in [-0.25, -0.2) is 9.97 Å². The first-order valence-corrected chi connectivity index (χ1v) is 4.88. The van der Waals surface area contributed by atoms with E-state index in [-0.39, 0.29) is 11.8 Å². The van der Waals surface area contributed by atoms with Crippen LogP contribution in [0.1, 0.15) is 5.56 Å². The SMILES string of the molecule is Nc1cnc(Oc2ccc(C(F)(F)F)cc2)nc1. The van der Waals surface area contributed by atoms with E-state index in [4.69, 9.17) is 10.5 Å². The fourth-order valence-electron chi connectivity index (χ4n) is 1.20. The minimum absolute atomic E-state index is 0.0176. The molecule has 1 heterocycles. The molecule has 1 aromatic heterocycles. The number of ether oxygens (including phenoxy) is 1. The van der Waals surface area contributed by atoms with Gasteiger partial charge in [-0.15, -0.1) is 0 Å². The van der Waals surface area contributed by atoms with Gasteiger partial charge in [0.2, 0.25) is 0 Å². The summed E-state index contributed by atoms with van der Waals surface area (Å²) in [7, 11) is 0. The summed E-state index contributed by atoms with van der Waals surface area (Å²) in [6, 6.07) is 4.26. The van der Waals surface area contributed by atoms with E-state index in [1.807, 2.05) is 0 Å². The maximum atomic E-state index is 12.3. The first-order chi connectivity index (χ1) is 8.45. The van der Waals surface area contributed by atoms with Crippen LogP contribution in [-0.4, -0.2) is 9.97 Å². The third-order valence-electron chi connectivity index (χ3n) is 2.04. The van der Waals surface area contributed by atoms with Crippen LogP contribution in [-0.2, 0) is 6.18 Å². The number of benzene rings is 1. The summed E-state index contributed by atoms with van der Waals surface area (Å²) in [5.41, 5.74) is 5.01. The van der Waals surface area contributed by atoms with Crippen molar-refractivity contribution in [2.24, 2.45) is 0 Å². The van der Waals surface area contributed by atoms with Gasteiger partial charge in [0.15, 0.2) is 0 Å². The van der Waals surface area contributed by atoms with Gasteiger partial charge in [-0.05, 0) is 24.3 Å². The average Bonchev–Trinajstić information content (AvgIpc) is 2.32. The molecule has 2 rings (SSSR count). The molecule has 2 N–H and O–H groups in total. The van der Waals surface area contributed by atoms with Crippen molar-refractivity contribution >= 4 is 5.69 Å². The van der Waals surface area contributed by atoms with E-state index in [1.165, 1.54) is 24.5 Å². The van der Waals surface area contributed by atoms with E-state index in [2.05, 4.69) is 9.97 Å². The van der Waals surface area contributed by atoms with Crippen LogP contribution in [0.3, 0.4) is 0 Å². The molecule has 0 atom stereocenters. The zero-order chi connectivity index (χ0) is 13.2. The molecule has 0 fully saturated rings. The largest absolute Gasteiger partial charge is 0.424 e. The Morgan fingerprint density at radius 3 is 2.06 bits per heavy atom. The quantitative estimate of drug-likeness (QED) is 0.896. The van der Waals surface area contributed by atoms with Gasteiger partial charge in [0.1, 0.15) is 5.75 Å². The van der Waals surface area contributed by atoms with Crippen molar-refractivity contribution in [1.82, 2.24) is 9.97 Å². The van der Waals surface area contributed by atoms with E-state index in [0.717, 1.165) is 12.1 Å². The third-order valence-corrected chi connectivity index (χ3v) is 2.04. The molecule has 0 saturated carbocycles. The highest BCUT2D eigenvalue weighted by Gasteiger charge is 2.30. The van der Waals surface area contributed by atoms with Crippen LogP contribution in [0.5, 0.6) is 11.8 Å². The lowest BCUT2D eigenvalue weighted by Crippen LogP contribution is -2.04. The summed E-state index contributed by atoms with van der Waals surface area (Å²) in [5, 5.41) is 0. The second kappa shape index (κ2) is 4.52. The molecule has 0 spiro atoms. The molecule has 0 aliphatic heterocycles. The molecule has 0 unspecified atom stereocenters. The van der Waals surface area contributed by atoms with Crippen molar-refractivity contribution in [3.05, 3.63) is 42.2 Å². The van der Waals surface area contributed by atoms with Gasteiger partial charge in [0.05, 0.1) is 23.6 Å². The van der Waals surface area contributed by atoms with Crippen molar-refractivity contribution in [3.8, 4) is 11.8 Å². The maximum absolute atomic E-state index is 12.3. The summed E-state index contributed by atoms with van der Waals surface area (Å²) >= 11 is 0. The Hall–Kier alpha value is -2.31. The lowest BCUT2D eigenvalue weighted by molar-refractivity contribution is -0.137. The van der Waals surface area contributed by atoms with Crippen LogP contribution in [0.25, 0.3) is 0 Å². The molecule has 1 aromatic carbocycles. The number of alkyl halides is 3. The molecular formula is C11H8F3N3O. The van der Waals surface area contributed by atoms with Crippen LogP contribution in [0, 0.1) is 0 Å². The standard InChI is InChI=1S/C11H8F3N3O/c12-11(13,14)7-1-3-9(4-2-7)18-10-16-5-8(15)6-17-10/h1-6H,15H2. The lowest BCUT2D eigenvalue weighted by Gasteiger charge is -2.07. The fourth-order valence-corrected chi connectivity index (χ4v) is 1.20. The summed E-state index contributed by atoms with van der Waals surface area (Å²) in [6.45, 7) is 0. The Morgan fingerprint density at radius 1 is 1.00 bits per heavy atom. The van der Waals surface area contributed by atoms with Crippen LogP contribution in [0.2, 0.25) is 0 Å². The van der Waals surface area contributed by atoms with E-state index in [0.29, 0.717) is 5.69 Å². The normalized spacial score (nSPS) is 11.3. The molecule has 0 amide bonds. The number of hydrogen-bond acceptors (Lipinski definition) is 4. The van der Waals surface area contributed by atoms with Crippen molar-refractivity contribution in [2.45, 2.75) is 6.18 Å². The van der Waals surface area contributed by atoms with Gasteiger partial charge >= 0.3 is 12.2 Å². The molecule has 2 aromatic rings. The van der Waals surface area contributed by atoms with Gasteiger partial charge in [-0.3, -0.25) is 0 Å². The van der Waals surface area contributed by atoms with Crippen molar-refractivity contribution in [3.63, 3.8) is 0 Å². The minimum atomic E-state index is -4.36. The number of halogens is 3. The molecule has 7 heteroatoms. The van der Waals surface area contributed by atoms with Gasteiger partial charge in [0.25, 0.3) is 0 Å². The average molecular weight is 255 g/mol. The van der Waals surface area contributed by atoms with Gasteiger partial charge in [0, 0.05) is 0 Å². The number of nitrogens with zero attached hydrogens (tertiary/aromatic N) is 2. The lowest BCUT2D eigenvalue weighted by atomic mass is 10.2. The Labute approximate surface area is 100 Å². The number of hydrogen-bond donors (Lipinski definition) is 1. The highest BCUT2D eigenvalue weighted by atomic mass is 19.4. The number of rotatable bonds is 2. The fraction of sp³-hybridized carbons (Fsp3) is 0.0909. The second-order valence-electron chi connectivity index (χ2n) is 3.42. The van der Waals surface area contributed by atoms with Crippen molar-refractivity contribution in [1.29, 1.82) is 0 Å². The Morgan fingerprint density at radius 2 is 1.56 bits per heavy atom. The highest BCUT2D eigenvalue weighted by Crippen LogP contribution is 2.30.